The highest BCUT2D eigenvalue weighted by Crippen LogP contribution is 2.33. The predicted molar refractivity (Wildman–Crippen MR) is 102 cm³/mol. The Labute approximate surface area is 156 Å². The van der Waals surface area contributed by atoms with Gasteiger partial charge in [-0.25, -0.2) is 4.79 Å². The average Bonchev–Trinajstić information content (AvgIpc) is 3.30. The van der Waals surface area contributed by atoms with E-state index in [2.05, 4.69) is 22.3 Å². The van der Waals surface area contributed by atoms with Crippen molar-refractivity contribution in [2.45, 2.75) is 63.6 Å². The number of piperidine rings is 1. The Kier molecular flexibility index (Phi) is 5.34. The van der Waals surface area contributed by atoms with Crippen molar-refractivity contribution >= 4 is 6.03 Å². The van der Waals surface area contributed by atoms with Crippen LogP contribution in [-0.2, 0) is 0 Å². The summed E-state index contributed by atoms with van der Waals surface area (Å²) in [5, 5.41) is 3.37. The van der Waals surface area contributed by atoms with Crippen LogP contribution in [0.1, 0.15) is 57.1 Å². The van der Waals surface area contributed by atoms with Gasteiger partial charge < -0.3 is 15.0 Å². The van der Waals surface area contributed by atoms with E-state index in [1.54, 1.807) is 0 Å². The van der Waals surface area contributed by atoms with E-state index in [4.69, 9.17) is 4.74 Å². The van der Waals surface area contributed by atoms with Crippen molar-refractivity contribution in [2.75, 3.05) is 26.2 Å². The lowest BCUT2D eigenvalue weighted by molar-refractivity contribution is 0.165. The molecule has 3 atom stereocenters. The summed E-state index contributed by atoms with van der Waals surface area (Å²) in [6.45, 7) is 5.86. The van der Waals surface area contributed by atoms with Crippen LogP contribution in [0.3, 0.4) is 0 Å². The first kappa shape index (κ1) is 17.7. The van der Waals surface area contributed by atoms with Gasteiger partial charge in [0, 0.05) is 25.2 Å². The molecule has 0 aromatic heterocycles. The number of urea groups is 1. The van der Waals surface area contributed by atoms with E-state index in [0.717, 1.165) is 38.1 Å². The van der Waals surface area contributed by atoms with Crippen LogP contribution in [0.15, 0.2) is 24.3 Å². The van der Waals surface area contributed by atoms with Gasteiger partial charge in [0.15, 0.2) is 0 Å². The lowest BCUT2D eigenvalue weighted by atomic mass is 9.99. The summed E-state index contributed by atoms with van der Waals surface area (Å²) in [5.41, 5.74) is 1.21. The van der Waals surface area contributed by atoms with Gasteiger partial charge in [0.1, 0.15) is 5.75 Å². The molecule has 3 saturated heterocycles. The number of nitrogens with one attached hydrogen (secondary N) is 1. The zero-order valence-corrected chi connectivity index (χ0v) is 15.8. The maximum absolute atomic E-state index is 13.0. The first-order chi connectivity index (χ1) is 12.8. The second kappa shape index (κ2) is 7.87. The number of ether oxygens (including phenoxy) is 1. The standard InChI is InChI=1S/C21H31N3O2/c1-2-26-17-10-8-16(9-11-17)19-7-5-14-24(19)21(25)22-18-12-15-23-13-4-3-6-20(18)23/h8-11,18-20H,2-7,12-15H2,1H3,(H,22,25). The molecule has 5 heteroatoms. The number of carbonyl (C=O) groups excluding carboxylic acids is 1. The fourth-order valence-corrected chi connectivity index (χ4v) is 4.97. The molecular weight excluding hydrogens is 326 g/mol. The average molecular weight is 357 g/mol. The third kappa shape index (κ3) is 3.54. The molecule has 26 heavy (non-hydrogen) atoms. The summed E-state index contributed by atoms with van der Waals surface area (Å²) in [6, 6.07) is 9.45. The fourth-order valence-electron chi connectivity index (χ4n) is 4.97. The van der Waals surface area contributed by atoms with E-state index < -0.39 is 0 Å². The highest BCUT2D eigenvalue weighted by Gasteiger charge is 2.38. The van der Waals surface area contributed by atoms with Crippen molar-refractivity contribution in [2.24, 2.45) is 0 Å². The summed E-state index contributed by atoms with van der Waals surface area (Å²) < 4.78 is 5.54. The van der Waals surface area contributed by atoms with E-state index in [9.17, 15) is 4.79 Å². The van der Waals surface area contributed by atoms with Gasteiger partial charge in [-0.15, -0.1) is 0 Å². The molecule has 5 nitrogen and oxygen atoms in total. The van der Waals surface area contributed by atoms with Gasteiger partial charge in [-0.05, 0) is 63.3 Å². The van der Waals surface area contributed by atoms with Crippen molar-refractivity contribution in [3.05, 3.63) is 29.8 Å². The number of fused-ring (bicyclic) bond motifs is 1. The van der Waals surface area contributed by atoms with Gasteiger partial charge >= 0.3 is 6.03 Å². The fraction of sp³-hybridized carbons (Fsp3) is 0.667. The molecule has 1 aromatic rings. The molecule has 3 fully saturated rings. The normalized spacial score (nSPS) is 28.8. The molecule has 3 aliphatic rings. The topological polar surface area (TPSA) is 44.8 Å². The van der Waals surface area contributed by atoms with Gasteiger partial charge in [0.25, 0.3) is 0 Å². The molecule has 3 unspecified atom stereocenters. The number of carbonyl (C=O) groups is 1. The molecule has 142 valence electrons. The van der Waals surface area contributed by atoms with Crippen LogP contribution in [0, 0.1) is 0 Å². The second-order valence-corrected chi connectivity index (χ2v) is 7.80. The molecule has 0 aliphatic carbocycles. The number of nitrogens with zero attached hydrogens (tertiary/aromatic N) is 2. The number of likely N-dealkylation sites (tertiary alicyclic amines) is 1. The molecule has 0 bridgehead atoms. The molecule has 3 aliphatic heterocycles. The summed E-state index contributed by atoms with van der Waals surface area (Å²) in [7, 11) is 0. The van der Waals surface area contributed by atoms with Crippen molar-refractivity contribution in [3.63, 3.8) is 0 Å². The molecule has 3 heterocycles. The van der Waals surface area contributed by atoms with Crippen LogP contribution in [-0.4, -0.2) is 54.2 Å². The van der Waals surface area contributed by atoms with Crippen LogP contribution < -0.4 is 10.1 Å². The Morgan fingerprint density at radius 2 is 1.92 bits per heavy atom. The second-order valence-electron chi connectivity index (χ2n) is 7.80. The molecule has 2 amide bonds. The van der Waals surface area contributed by atoms with E-state index >= 15 is 0 Å². The summed E-state index contributed by atoms with van der Waals surface area (Å²) >= 11 is 0. The van der Waals surface area contributed by atoms with Gasteiger partial charge in [-0.3, -0.25) is 4.90 Å². The Bertz CT molecular complexity index is 618. The van der Waals surface area contributed by atoms with E-state index in [1.165, 1.54) is 31.4 Å². The van der Waals surface area contributed by atoms with Crippen LogP contribution in [0.25, 0.3) is 0 Å². The van der Waals surface area contributed by atoms with E-state index in [0.29, 0.717) is 18.7 Å². The Hall–Kier alpha value is -1.75. The molecule has 1 N–H and O–H groups in total. The highest BCUT2D eigenvalue weighted by molar-refractivity contribution is 5.75. The van der Waals surface area contributed by atoms with Crippen LogP contribution >= 0.6 is 0 Å². The summed E-state index contributed by atoms with van der Waals surface area (Å²) in [5.74, 6) is 0.897. The van der Waals surface area contributed by atoms with E-state index in [1.807, 2.05) is 24.0 Å². The van der Waals surface area contributed by atoms with Crippen molar-refractivity contribution in [3.8, 4) is 5.75 Å². The zero-order valence-electron chi connectivity index (χ0n) is 15.8. The SMILES string of the molecule is CCOc1ccc(C2CCCN2C(=O)NC2CCN3CCCCC23)cc1. The lowest BCUT2D eigenvalue weighted by Crippen LogP contribution is -2.50. The predicted octanol–water partition coefficient (Wildman–Crippen LogP) is 3.56. The highest BCUT2D eigenvalue weighted by atomic mass is 16.5. The van der Waals surface area contributed by atoms with Gasteiger partial charge in [-0.2, -0.15) is 0 Å². The monoisotopic (exact) mass is 357 g/mol. The quantitative estimate of drug-likeness (QED) is 0.896. The third-order valence-corrected chi connectivity index (χ3v) is 6.25. The third-order valence-electron chi connectivity index (χ3n) is 6.25. The minimum atomic E-state index is 0.124. The Morgan fingerprint density at radius 3 is 2.73 bits per heavy atom. The Balaban J connectivity index is 1.40. The van der Waals surface area contributed by atoms with Gasteiger partial charge in [0.2, 0.25) is 0 Å². The maximum Gasteiger partial charge on any atom is 0.318 e. The first-order valence-corrected chi connectivity index (χ1v) is 10.3. The number of amides is 2. The summed E-state index contributed by atoms with van der Waals surface area (Å²) in [6.07, 6.45) is 7.05. The maximum atomic E-state index is 13.0. The minimum Gasteiger partial charge on any atom is -0.494 e. The van der Waals surface area contributed by atoms with Gasteiger partial charge in [0.05, 0.1) is 12.6 Å². The van der Waals surface area contributed by atoms with Crippen molar-refractivity contribution < 1.29 is 9.53 Å². The minimum absolute atomic E-state index is 0.124. The van der Waals surface area contributed by atoms with Gasteiger partial charge in [-0.1, -0.05) is 18.6 Å². The summed E-state index contributed by atoms with van der Waals surface area (Å²) in [4.78, 5) is 17.6. The largest absolute Gasteiger partial charge is 0.494 e. The smallest absolute Gasteiger partial charge is 0.318 e. The van der Waals surface area contributed by atoms with E-state index in [-0.39, 0.29) is 12.1 Å². The molecule has 0 saturated carbocycles. The molecule has 0 radical (unpaired) electrons. The molecule has 4 rings (SSSR count). The van der Waals surface area contributed by atoms with Crippen molar-refractivity contribution in [1.82, 2.24) is 15.1 Å². The molecule has 0 spiro atoms. The Morgan fingerprint density at radius 1 is 1.08 bits per heavy atom. The first-order valence-electron chi connectivity index (χ1n) is 10.3. The number of rotatable bonds is 4. The number of hydrogen-bond acceptors (Lipinski definition) is 3. The van der Waals surface area contributed by atoms with Crippen molar-refractivity contribution in [1.29, 1.82) is 0 Å². The van der Waals surface area contributed by atoms with Crippen LogP contribution in [0.4, 0.5) is 4.79 Å². The number of hydrogen-bond donors (Lipinski definition) is 1. The van der Waals surface area contributed by atoms with Crippen LogP contribution in [0.5, 0.6) is 5.75 Å². The molecule has 1 aromatic carbocycles. The zero-order chi connectivity index (χ0) is 17.9. The molecular formula is C21H31N3O2. The van der Waals surface area contributed by atoms with Crippen LogP contribution in [0.2, 0.25) is 0 Å². The number of benzene rings is 1. The lowest BCUT2D eigenvalue weighted by Gasteiger charge is -2.34.